The van der Waals surface area contributed by atoms with Crippen molar-refractivity contribution in [1.82, 2.24) is 0 Å². The van der Waals surface area contributed by atoms with E-state index in [0.29, 0.717) is 5.76 Å². The van der Waals surface area contributed by atoms with E-state index in [1.807, 2.05) is 103 Å². The van der Waals surface area contributed by atoms with Crippen molar-refractivity contribution in [3.05, 3.63) is 120 Å². The molecular weight excluding hydrogens is 332 g/mol. The molecular formula is C25H20O2. The van der Waals surface area contributed by atoms with E-state index in [2.05, 4.69) is 0 Å². The van der Waals surface area contributed by atoms with Crippen molar-refractivity contribution in [3.8, 4) is 0 Å². The summed E-state index contributed by atoms with van der Waals surface area (Å²) in [6.45, 7) is 0. The van der Waals surface area contributed by atoms with Gasteiger partial charge in [0.1, 0.15) is 5.76 Å². The lowest BCUT2D eigenvalue weighted by atomic mass is 9.85. The first-order valence-corrected chi connectivity index (χ1v) is 9.04. The van der Waals surface area contributed by atoms with Crippen molar-refractivity contribution in [2.75, 3.05) is 0 Å². The van der Waals surface area contributed by atoms with Gasteiger partial charge in [0, 0.05) is 11.6 Å². The van der Waals surface area contributed by atoms with E-state index in [4.69, 9.17) is 4.74 Å². The number of carbonyl (C=O) groups is 1. The van der Waals surface area contributed by atoms with Crippen LogP contribution in [0.1, 0.15) is 23.1 Å². The standard InChI is InChI=1S/C25H20O2/c26-23-18-24(21-12-6-2-7-13-21)27-25(19-23,22-14-8-3-9-15-22)17-16-20-10-4-1-5-11-20/h1-18H,19H2. The van der Waals surface area contributed by atoms with E-state index in [9.17, 15) is 4.79 Å². The monoisotopic (exact) mass is 352 g/mol. The van der Waals surface area contributed by atoms with Gasteiger partial charge in [-0.15, -0.1) is 0 Å². The van der Waals surface area contributed by atoms with Crippen molar-refractivity contribution in [2.45, 2.75) is 12.0 Å². The molecule has 1 unspecified atom stereocenters. The summed E-state index contributed by atoms with van der Waals surface area (Å²) in [6, 6.07) is 29.8. The number of hydrogen-bond acceptors (Lipinski definition) is 2. The Morgan fingerprint density at radius 2 is 1.37 bits per heavy atom. The second-order valence-corrected chi connectivity index (χ2v) is 6.62. The molecule has 2 nitrogen and oxygen atoms in total. The summed E-state index contributed by atoms with van der Waals surface area (Å²) in [5.41, 5.74) is 2.11. The van der Waals surface area contributed by atoms with Crippen LogP contribution < -0.4 is 0 Å². The predicted octanol–water partition coefficient (Wildman–Crippen LogP) is 5.63. The van der Waals surface area contributed by atoms with Crippen molar-refractivity contribution in [1.29, 1.82) is 0 Å². The fourth-order valence-corrected chi connectivity index (χ4v) is 3.33. The minimum atomic E-state index is -0.825. The molecule has 3 aromatic rings. The highest BCUT2D eigenvalue weighted by molar-refractivity contribution is 5.98. The molecule has 4 rings (SSSR count). The van der Waals surface area contributed by atoms with Gasteiger partial charge in [-0.25, -0.2) is 0 Å². The zero-order valence-corrected chi connectivity index (χ0v) is 14.9. The molecule has 0 saturated carbocycles. The number of carbonyl (C=O) groups excluding carboxylic acids is 1. The number of allylic oxidation sites excluding steroid dienone is 1. The van der Waals surface area contributed by atoms with Gasteiger partial charge in [-0.3, -0.25) is 4.79 Å². The number of ketones is 1. The first kappa shape index (κ1) is 17.0. The number of hydrogen-bond donors (Lipinski definition) is 0. The predicted molar refractivity (Wildman–Crippen MR) is 109 cm³/mol. The molecule has 0 saturated heterocycles. The van der Waals surface area contributed by atoms with Gasteiger partial charge in [-0.1, -0.05) is 97.1 Å². The molecule has 0 aromatic heterocycles. The summed E-state index contributed by atoms with van der Waals surface area (Å²) < 4.78 is 6.49. The molecule has 0 spiro atoms. The Morgan fingerprint density at radius 1 is 0.778 bits per heavy atom. The second kappa shape index (κ2) is 7.46. The summed E-state index contributed by atoms with van der Waals surface area (Å²) in [6.07, 6.45) is 5.91. The number of rotatable bonds is 4. The second-order valence-electron chi connectivity index (χ2n) is 6.62. The maximum absolute atomic E-state index is 12.7. The fraction of sp³-hybridized carbons (Fsp3) is 0.0800. The minimum absolute atomic E-state index is 0.0571. The molecule has 1 aliphatic heterocycles. The average molecular weight is 352 g/mol. The largest absolute Gasteiger partial charge is 0.477 e. The fourth-order valence-electron chi connectivity index (χ4n) is 3.33. The van der Waals surface area contributed by atoms with Gasteiger partial charge in [-0.05, 0) is 17.2 Å². The average Bonchev–Trinajstić information content (AvgIpc) is 2.74. The van der Waals surface area contributed by atoms with Crippen LogP contribution in [-0.4, -0.2) is 5.78 Å². The van der Waals surface area contributed by atoms with Gasteiger partial charge in [0.25, 0.3) is 0 Å². The van der Waals surface area contributed by atoms with Crippen LogP contribution >= 0.6 is 0 Å². The highest BCUT2D eigenvalue weighted by Crippen LogP contribution is 2.40. The van der Waals surface area contributed by atoms with Gasteiger partial charge >= 0.3 is 0 Å². The number of ether oxygens (including phenoxy) is 1. The zero-order chi connectivity index (χ0) is 18.5. The first-order chi connectivity index (χ1) is 13.3. The Labute approximate surface area is 159 Å². The van der Waals surface area contributed by atoms with Crippen LogP contribution in [0.2, 0.25) is 0 Å². The Bertz CT molecular complexity index is 973. The van der Waals surface area contributed by atoms with Crippen LogP contribution in [0.5, 0.6) is 0 Å². The lowest BCUT2D eigenvalue weighted by Gasteiger charge is -2.35. The maximum atomic E-state index is 12.7. The summed E-state index contributed by atoms with van der Waals surface area (Å²) >= 11 is 0. The van der Waals surface area contributed by atoms with E-state index in [1.165, 1.54) is 0 Å². The lowest BCUT2D eigenvalue weighted by molar-refractivity contribution is -0.119. The molecule has 0 radical (unpaired) electrons. The van der Waals surface area contributed by atoms with E-state index in [-0.39, 0.29) is 12.2 Å². The van der Waals surface area contributed by atoms with Crippen LogP contribution in [0.3, 0.4) is 0 Å². The molecule has 2 heteroatoms. The molecule has 0 aliphatic carbocycles. The molecule has 3 aromatic carbocycles. The van der Waals surface area contributed by atoms with Gasteiger partial charge in [-0.2, -0.15) is 0 Å². The van der Waals surface area contributed by atoms with Crippen molar-refractivity contribution >= 4 is 17.6 Å². The van der Waals surface area contributed by atoms with Gasteiger partial charge in [0.05, 0.1) is 6.42 Å². The third-order valence-electron chi connectivity index (χ3n) is 4.69. The summed E-state index contributed by atoms with van der Waals surface area (Å²) in [5.74, 6) is 0.662. The van der Waals surface area contributed by atoms with Crippen LogP contribution in [0.4, 0.5) is 0 Å². The first-order valence-electron chi connectivity index (χ1n) is 9.04. The Morgan fingerprint density at radius 3 is 2.04 bits per heavy atom. The Kier molecular flexibility index (Phi) is 4.71. The van der Waals surface area contributed by atoms with Gasteiger partial charge in [0.15, 0.2) is 11.4 Å². The maximum Gasteiger partial charge on any atom is 0.164 e. The molecule has 1 atom stereocenters. The smallest absolute Gasteiger partial charge is 0.164 e. The van der Waals surface area contributed by atoms with Gasteiger partial charge < -0.3 is 4.74 Å². The van der Waals surface area contributed by atoms with E-state index in [1.54, 1.807) is 6.08 Å². The summed E-state index contributed by atoms with van der Waals surface area (Å²) in [5, 5.41) is 0. The Balaban J connectivity index is 1.78. The Hall–Kier alpha value is -3.39. The molecule has 0 N–H and O–H groups in total. The topological polar surface area (TPSA) is 26.3 Å². The van der Waals surface area contributed by atoms with Crippen molar-refractivity contribution < 1.29 is 9.53 Å². The van der Waals surface area contributed by atoms with Crippen molar-refractivity contribution in [3.63, 3.8) is 0 Å². The zero-order valence-electron chi connectivity index (χ0n) is 14.9. The third-order valence-corrected chi connectivity index (χ3v) is 4.69. The third kappa shape index (κ3) is 3.75. The highest BCUT2D eigenvalue weighted by Gasteiger charge is 2.38. The normalized spacial score (nSPS) is 19.6. The van der Waals surface area contributed by atoms with E-state index in [0.717, 1.165) is 16.7 Å². The SMILES string of the molecule is O=C1C=C(c2ccccc2)OC(C=Cc2ccccc2)(c2ccccc2)C1. The molecule has 132 valence electrons. The van der Waals surface area contributed by atoms with Crippen LogP contribution in [0, 0.1) is 0 Å². The quantitative estimate of drug-likeness (QED) is 0.609. The number of benzene rings is 3. The molecule has 1 heterocycles. The summed E-state index contributed by atoms with van der Waals surface area (Å²) in [7, 11) is 0. The molecule has 0 amide bonds. The lowest BCUT2D eigenvalue weighted by Crippen LogP contribution is -2.33. The highest BCUT2D eigenvalue weighted by atomic mass is 16.5. The molecule has 0 fully saturated rings. The molecule has 0 bridgehead atoms. The summed E-state index contributed by atoms with van der Waals surface area (Å²) in [4.78, 5) is 12.7. The van der Waals surface area contributed by atoms with Crippen molar-refractivity contribution in [2.24, 2.45) is 0 Å². The van der Waals surface area contributed by atoms with Crippen LogP contribution in [0.15, 0.2) is 103 Å². The van der Waals surface area contributed by atoms with E-state index >= 15 is 0 Å². The molecule has 1 aliphatic rings. The molecule has 27 heavy (non-hydrogen) atoms. The van der Waals surface area contributed by atoms with E-state index < -0.39 is 5.60 Å². The van der Waals surface area contributed by atoms with Gasteiger partial charge in [0.2, 0.25) is 0 Å². The van der Waals surface area contributed by atoms with Crippen LogP contribution in [0.25, 0.3) is 11.8 Å². The minimum Gasteiger partial charge on any atom is -0.477 e. The van der Waals surface area contributed by atoms with Crippen LogP contribution in [-0.2, 0) is 15.1 Å².